The number of nitro groups is 1. The number of ether oxygens (including phenoxy) is 3. The summed E-state index contributed by atoms with van der Waals surface area (Å²) in [5.74, 6) is 0.863. The van der Waals surface area contributed by atoms with Gasteiger partial charge in [0.15, 0.2) is 11.5 Å². The van der Waals surface area contributed by atoms with Gasteiger partial charge in [0.2, 0.25) is 0 Å². The first kappa shape index (κ1) is 28.9. The van der Waals surface area contributed by atoms with Crippen molar-refractivity contribution >= 4 is 39.3 Å². The fraction of sp³-hybridized carbons (Fsp3) is 0.0968. The molecule has 10 heteroatoms. The highest BCUT2D eigenvalue weighted by atomic mass is 79.9. The zero-order valence-electron chi connectivity index (χ0n) is 21.9. The van der Waals surface area contributed by atoms with E-state index in [1.807, 2.05) is 36.4 Å². The Bertz CT molecular complexity index is 1600. The first-order valence-corrected chi connectivity index (χ1v) is 13.1. The van der Waals surface area contributed by atoms with Gasteiger partial charge in [-0.25, -0.2) is 0 Å². The average Bonchev–Trinajstić information content (AvgIpc) is 2.99. The molecule has 4 rings (SSSR count). The second-order valence-corrected chi connectivity index (χ2v) is 9.51. The molecule has 0 aliphatic heterocycles. The summed E-state index contributed by atoms with van der Waals surface area (Å²) in [4.78, 5) is 23.2. The Kier molecular flexibility index (Phi) is 9.70. The molecule has 0 bridgehead atoms. The van der Waals surface area contributed by atoms with Crippen LogP contribution in [0.3, 0.4) is 0 Å². The lowest BCUT2D eigenvalue weighted by Gasteiger charge is -2.13. The number of anilines is 1. The van der Waals surface area contributed by atoms with Gasteiger partial charge in [-0.15, -0.1) is 0 Å². The summed E-state index contributed by atoms with van der Waals surface area (Å²) in [5, 5.41) is 23.3. The summed E-state index contributed by atoms with van der Waals surface area (Å²) >= 11 is 3.47. The lowest BCUT2D eigenvalue weighted by atomic mass is 10.1. The van der Waals surface area contributed by atoms with Gasteiger partial charge >= 0.3 is 0 Å². The van der Waals surface area contributed by atoms with Crippen LogP contribution in [0, 0.1) is 21.4 Å². The zero-order valence-corrected chi connectivity index (χ0v) is 23.5. The lowest BCUT2D eigenvalue weighted by molar-refractivity contribution is -0.384. The Morgan fingerprint density at radius 3 is 2.24 bits per heavy atom. The number of methoxy groups -OCH3 is 1. The smallest absolute Gasteiger partial charge is 0.269 e. The molecular weight excluding hydrogens is 590 g/mol. The highest BCUT2D eigenvalue weighted by molar-refractivity contribution is 9.10. The predicted molar refractivity (Wildman–Crippen MR) is 158 cm³/mol. The molecule has 0 aliphatic rings. The van der Waals surface area contributed by atoms with Crippen LogP contribution in [-0.4, -0.2) is 17.9 Å². The number of carbonyl (C=O) groups excluding carboxylic acids is 1. The molecule has 0 saturated heterocycles. The molecule has 4 aromatic rings. The standard InChI is InChI=1S/C31H24BrN3O6/c1-39-29-16-23(28(32)17-30(29)41-20-22-7-11-26(12-8-22)35(37)38)15-24(18-33)31(36)34-25-9-13-27(14-10-25)40-19-21-5-3-2-4-6-21/h2-17H,19-20H2,1H3,(H,34,36)/b24-15+. The summed E-state index contributed by atoms with van der Waals surface area (Å²) in [7, 11) is 1.47. The normalized spacial score (nSPS) is 10.8. The highest BCUT2D eigenvalue weighted by Gasteiger charge is 2.15. The number of benzene rings is 4. The van der Waals surface area contributed by atoms with E-state index in [-0.39, 0.29) is 17.9 Å². The molecule has 41 heavy (non-hydrogen) atoms. The number of amides is 1. The van der Waals surface area contributed by atoms with E-state index in [9.17, 15) is 20.2 Å². The second-order valence-electron chi connectivity index (χ2n) is 8.66. The Balaban J connectivity index is 1.41. The molecule has 0 atom stereocenters. The van der Waals surface area contributed by atoms with Crippen molar-refractivity contribution in [2.45, 2.75) is 13.2 Å². The quantitative estimate of drug-likeness (QED) is 0.0830. The van der Waals surface area contributed by atoms with Gasteiger partial charge in [0.05, 0.1) is 12.0 Å². The van der Waals surface area contributed by atoms with Crippen LogP contribution >= 0.6 is 15.9 Å². The topological polar surface area (TPSA) is 124 Å². The summed E-state index contributed by atoms with van der Waals surface area (Å²) in [5.41, 5.74) is 2.69. The van der Waals surface area contributed by atoms with Crippen LogP contribution in [0.15, 0.2) is 101 Å². The van der Waals surface area contributed by atoms with E-state index in [1.165, 1.54) is 25.3 Å². The van der Waals surface area contributed by atoms with Crippen LogP contribution in [0.4, 0.5) is 11.4 Å². The van der Waals surface area contributed by atoms with Crippen molar-refractivity contribution < 1.29 is 23.9 Å². The van der Waals surface area contributed by atoms with E-state index in [4.69, 9.17) is 14.2 Å². The minimum atomic E-state index is -0.574. The van der Waals surface area contributed by atoms with Crippen molar-refractivity contribution in [1.82, 2.24) is 0 Å². The van der Waals surface area contributed by atoms with Gasteiger partial charge in [-0.2, -0.15) is 5.26 Å². The summed E-state index contributed by atoms with van der Waals surface area (Å²) < 4.78 is 17.6. The van der Waals surface area contributed by atoms with E-state index in [0.717, 1.165) is 11.1 Å². The third-order valence-electron chi connectivity index (χ3n) is 5.85. The summed E-state index contributed by atoms with van der Waals surface area (Å²) in [6.07, 6.45) is 1.44. The third-order valence-corrected chi connectivity index (χ3v) is 6.54. The SMILES string of the molecule is COc1cc(/C=C(\C#N)C(=O)Nc2ccc(OCc3ccccc3)cc2)c(Br)cc1OCc1ccc([N+](=O)[O-])cc1. The molecular formula is C31H24BrN3O6. The van der Waals surface area contributed by atoms with Gasteiger partial charge in [-0.05, 0) is 71.3 Å². The first-order chi connectivity index (χ1) is 19.9. The van der Waals surface area contributed by atoms with Crippen molar-refractivity contribution in [3.8, 4) is 23.3 Å². The van der Waals surface area contributed by atoms with Crippen molar-refractivity contribution in [2.24, 2.45) is 0 Å². The molecule has 0 fully saturated rings. The van der Waals surface area contributed by atoms with E-state index >= 15 is 0 Å². The van der Waals surface area contributed by atoms with Crippen LogP contribution in [0.1, 0.15) is 16.7 Å². The van der Waals surface area contributed by atoms with Crippen LogP contribution in [-0.2, 0) is 18.0 Å². The van der Waals surface area contributed by atoms with E-state index < -0.39 is 10.8 Å². The van der Waals surface area contributed by atoms with Gasteiger partial charge in [0, 0.05) is 22.3 Å². The minimum Gasteiger partial charge on any atom is -0.493 e. The van der Waals surface area contributed by atoms with Crippen LogP contribution in [0.5, 0.6) is 17.2 Å². The van der Waals surface area contributed by atoms with E-state index in [1.54, 1.807) is 48.5 Å². The Hall–Kier alpha value is -5.14. The number of hydrogen-bond acceptors (Lipinski definition) is 7. The maximum Gasteiger partial charge on any atom is 0.269 e. The van der Waals surface area contributed by atoms with Crippen molar-refractivity contribution in [3.63, 3.8) is 0 Å². The Morgan fingerprint density at radius 1 is 0.951 bits per heavy atom. The number of rotatable bonds is 11. The fourth-order valence-corrected chi connectivity index (χ4v) is 4.12. The number of nitrogens with zero attached hydrogens (tertiary/aromatic N) is 2. The zero-order chi connectivity index (χ0) is 29.2. The predicted octanol–water partition coefficient (Wildman–Crippen LogP) is 7.07. The molecule has 0 radical (unpaired) electrons. The van der Waals surface area contributed by atoms with Gasteiger partial charge < -0.3 is 19.5 Å². The maximum atomic E-state index is 12.9. The summed E-state index contributed by atoms with van der Waals surface area (Å²) in [6.45, 7) is 0.574. The van der Waals surface area contributed by atoms with Crippen LogP contribution < -0.4 is 19.5 Å². The number of nitro benzene ring substituents is 1. The van der Waals surface area contributed by atoms with Gasteiger partial charge in [-0.3, -0.25) is 14.9 Å². The van der Waals surface area contributed by atoms with E-state index in [0.29, 0.717) is 39.6 Å². The third kappa shape index (κ3) is 7.94. The molecule has 206 valence electrons. The van der Waals surface area contributed by atoms with Gasteiger partial charge in [-0.1, -0.05) is 46.3 Å². The van der Waals surface area contributed by atoms with E-state index in [2.05, 4.69) is 21.2 Å². The molecule has 0 unspecified atom stereocenters. The highest BCUT2D eigenvalue weighted by Crippen LogP contribution is 2.35. The largest absolute Gasteiger partial charge is 0.493 e. The molecule has 9 nitrogen and oxygen atoms in total. The van der Waals surface area contributed by atoms with Gasteiger partial charge in [0.1, 0.15) is 30.6 Å². The molecule has 0 saturated carbocycles. The van der Waals surface area contributed by atoms with Crippen LogP contribution in [0.2, 0.25) is 0 Å². The second kappa shape index (κ2) is 13.8. The Labute approximate surface area is 244 Å². The molecule has 0 aromatic heterocycles. The van der Waals surface area contributed by atoms with Crippen molar-refractivity contribution in [2.75, 3.05) is 12.4 Å². The van der Waals surface area contributed by atoms with Crippen molar-refractivity contribution in [3.05, 3.63) is 128 Å². The molecule has 1 N–H and O–H groups in total. The lowest BCUT2D eigenvalue weighted by Crippen LogP contribution is -2.13. The number of nitrogens with one attached hydrogen (secondary N) is 1. The monoisotopic (exact) mass is 613 g/mol. The van der Waals surface area contributed by atoms with Gasteiger partial charge in [0.25, 0.3) is 11.6 Å². The Morgan fingerprint density at radius 2 is 1.61 bits per heavy atom. The molecule has 0 spiro atoms. The number of halogens is 1. The minimum absolute atomic E-state index is 0.00702. The summed E-state index contributed by atoms with van der Waals surface area (Å²) in [6, 6.07) is 27.9. The maximum absolute atomic E-state index is 12.9. The number of non-ortho nitro benzene ring substituents is 1. The molecule has 1 amide bonds. The number of nitriles is 1. The molecule has 0 heterocycles. The van der Waals surface area contributed by atoms with Crippen LogP contribution in [0.25, 0.3) is 6.08 Å². The number of hydrogen-bond donors (Lipinski definition) is 1. The molecule has 4 aromatic carbocycles. The van der Waals surface area contributed by atoms with Crippen molar-refractivity contribution in [1.29, 1.82) is 5.26 Å². The molecule has 0 aliphatic carbocycles. The number of carbonyl (C=O) groups is 1. The average molecular weight is 614 g/mol. The fourth-order valence-electron chi connectivity index (χ4n) is 3.69. The first-order valence-electron chi connectivity index (χ1n) is 12.3.